The summed E-state index contributed by atoms with van der Waals surface area (Å²) in [6, 6.07) is 11.5. The number of benzene rings is 2. The minimum absolute atomic E-state index is 0.283. The third-order valence-electron chi connectivity index (χ3n) is 2.54. The fourth-order valence-corrected chi connectivity index (χ4v) is 1.75. The van der Waals surface area contributed by atoms with Crippen molar-refractivity contribution in [3.8, 4) is 0 Å². The molecule has 2 aromatic rings. The van der Waals surface area contributed by atoms with Crippen molar-refractivity contribution in [2.75, 3.05) is 5.32 Å². The Hall–Kier alpha value is -1.81. The highest BCUT2D eigenvalue weighted by atomic mass is 32.1. The molecule has 0 aliphatic rings. The van der Waals surface area contributed by atoms with Crippen LogP contribution in [0.5, 0.6) is 0 Å². The van der Waals surface area contributed by atoms with Gasteiger partial charge in [0.1, 0.15) is 5.82 Å². The number of rotatable bonds is 2. The Morgan fingerprint density at radius 3 is 2.67 bits per heavy atom. The van der Waals surface area contributed by atoms with Gasteiger partial charge >= 0.3 is 0 Å². The van der Waals surface area contributed by atoms with Gasteiger partial charge in [0.25, 0.3) is 5.91 Å². The smallest absolute Gasteiger partial charge is 0.255 e. The monoisotopic (exact) mass is 261 g/mol. The molecule has 4 heteroatoms. The Morgan fingerprint density at radius 1 is 1.22 bits per heavy atom. The summed E-state index contributed by atoms with van der Waals surface area (Å²) < 4.78 is 13.3. The molecule has 0 unspecified atom stereocenters. The second-order valence-electron chi connectivity index (χ2n) is 3.97. The number of nitrogens with one attached hydrogen (secondary N) is 1. The Labute approximate surface area is 110 Å². The van der Waals surface area contributed by atoms with E-state index in [1.807, 2.05) is 0 Å². The second kappa shape index (κ2) is 5.23. The van der Waals surface area contributed by atoms with E-state index in [1.54, 1.807) is 43.3 Å². The molecule has 18 heavy (non-hydrogen) atoms. The fourth-order valence-electron chi connectivity index (χ4n) is 1.52. The van der Waals surface area contributed by atoms with E-state index >= 15 is 0 Å². The van der Waals surface area contributed by atoms with Crippen molar-refractivity contribution in [3.05, 3.63) is 59.4 Å². The quantitative estimate of drug-likeness (QED) is 0.793. The predicted molar refractivity (Wildman–Crippen MR) is 72.8 cm³/mol. The Balaban J connectivity index is 2.18. The van der Waals surface area contributed by atoms with Crippen molar-refractivity contribution in [1.29, 1.82) is 0 Å². The molecule has 92 valence electrons. The lowest BCUT2D eigenvalue weighted by Crippen LogP contribution is -2.12. The molecule has 0 saturated carbocycles. The first kappa shape index (κ1) is 12.6. The van der Waals surface area contributed by atoms with Gasteiger partial charge in [-0.15, -0.1) is 12.6 Å². The van der Waals surface area contributed by atoms with Gasteiger partial charge in [0.2, 0.25) is 0 Å². The molecule has 2 rings (SSSR count). The molecular formula is C14H12FNOS. The SMILES string of the molecule is Cc1ccc(NC(=O)c2cccc(S)c2)cc1F. The summed E-state index contributed by atoms with van der Waals surface area (Å²) in [6.45, 7) is 1.67. The minimum atomic E-state index is -0.337. The van der Waals surface area contributed by atoms with E-state index in [1.165, 1.54) is 6.07 Å². The van der Waals surface area contributed by atoms with E-state index in [-0.39, 0.29) is 11.7 Å². The summed E-state index contributed by atoms with van der Waals surface area (Å²) in [5.41, 5.74) is 1.47. The van der Waals surface area contributed by atoms with Gasteiger partial charge in [-0.1, -0.05) is 12.1 Å². The van der Waals surface area contributed by atoms with Crippen LogP contribution < -0.4 is 5.32 Å². The van der Waals surface area contributed by atoms with E-state index in [4.69, 9.17) is 0 Å². The molecule has 0 aliphatic heterocycles. The number of halogens is 1. The number of aryl methyl sites for hydroxylation is 1. The molecule has 0 fully saturated rings. The zero-order valence-electron chi connectivity index (χ0n) is 9.77. The highest BCUT2D eigenvalue weighted by Gasteiger charge is 2.07. The maximum Gasteiger partial charge on any atom is 0.255 e. The van der Waals surface area contributed by atoms with Crippen LogP contribution in [0.25, 0.3) is 0 Å². The average molecular weight is 261 g/mol. The Morgan fingerprint density at radius 2 is 2.00 bits per heavy atom. The first-order valence-corrected chi connectivity index (χ1v) is 5.87. The van der Waals surface area contributed by atoms with E-state index in [2.05, 4.69) is 17.9 Å². The molecule has 0 heterocycles. The summed E-state index contributed by atoms with van der Waals surface area (Å²) in [6.07, 6.45) is 0. The highest BCUT2D eigenvalue weighted by Crippen LogP contribution is 2.15. The summed E-state index contributed by atoms with van der Waals surface area (Å²) in [4.78, 5) is 12.6. The van der Waals surface area contributed by atoms with Gasteiger partial charge in [-0.3, -0.25) is 4.79 Å². The zero-order valence-corrected chi connectivity index (χ0v) is 10.7. The van der Waals surface area contributed by atoms with Crippen LogP contribution in [-0.2, 0) is 0 Å². The molecule has 0 radical (unpaired) electrons. The number of thiol groups is 1. The van der Waals surface area contributed by atoms with Crippen LogP contribution in [0.15, 0.2) is 47.4 Å². The molecule has 0 aromatic heterocycles. The fraction of sp³-hybridized carbons (Fsp3) is 0.0714. The van der Waals surface area contributed by atoms with Crippen molar-refractivity contribution < 1.29 is 9.18 Å². The van der Waals surface area contributed by atoms with Crippen molar-refractivity contribution in [2.24, 2.45) is 0 Å². The molecule has 1 N–H and O–H groups in total. The number of carbonyl (C=O) groups excluding carboxylic acids is 1. The Bertz CT molecular complexity index is 598. The minimum Gasteiger partial charge on any atom is -0.322 e. The van der Waals surface area contributed by atoms with Gasteiger partial charge in [0.15, 0.2) is 0 Å². The van der Waals surface area contributed by atoms with Gasteiger partial charge in [-0.2, -0.15) is 0 Å². The molecule has 2 nitrogen and oxygen atoms in total. The van der Waals surface area contributed by atoms with E-state index in [0.717, 1.165) is 0 Å². The standard InChI is InChI=1S/C14H12FNOS/c1-9-5-6-11(8-13(9)15)16-14(17)10-3-2-4-12(18)7-10/h2-8,18H,1H3,(H,16,17). The van der Waals surface area contributed by atoms with Crippen LogP contribution >= 0.6 is 12.6 Å². The van der Waals surface area contributed by atoms with Gasteiger partial charge in [0, 0.05) is 16.1 Å². The van der Waals surface area contributed by atoms with Crippen LogP contribution in [0.4, 0.5) is 10.1 Å². The topological polar surface area (TPSA) is 29.1 Å². The predicted octanol–water partition coefficient (Wildman–Crippen LogP) is 3.68. The van der Waals surface area contributed by atoms with E-state index in [9.17, 15) is 9.18 Å². The maximum atomic E-state index is 13.3. The Kier molecular flexibility index (Phi) is 3.67. The number of hydrogen-bond acceptors (Lipinski definition) is 2. The van der Waals surface area contributed by atoms with Crippen LogP contribution in [0.3, 0.4) is 0 Å². The summed E-state index contributed by atoms with van der Waals surface area (Å²) >= 11 is 4.16. The van der Waals surface area contributed by atoms with E-state index < -0.39 is 0 Å². The van der Waals surface area contributed by atoms with Crippen LogP contribution in [0, 0.1) is 12.7 Å². The van der Waals surface area contributed by atoms with Gasteiger partial charge in [-0.25, -0.2) is 4.39 Å². The van der Waals surface area contributed by atoms with Crippen LogP contribution in [0.1, 0.15) is 15.9 Å². The third-order valence-corrected chi connectivity index (χ3v) is 2.82. The summed E-state index contributed by atoms with van der Waals surface area (Å²) in [5, 5.41) is 2.64. The molecule has 0 bridgehead atoms. The van der Waals surface area contributed by atoms with Crippen molar-refractivity contribution >= 4 is 24.2 Å². The maximum absolute atomic E-state index is 13.3. The first-order valence-electron chi connectivity index (χ1n) is 5.43. The number of amides is 1. The van der Waals surface area contributed by atoms with E-state index in [0.29, 0.717) is 21.7 Å². The van der Waals surface area contributed by atoms with Gasteiger partial charge in [-0.05, 0) is 42.8 Å². The van der Waals surface area contributed by atoms with Crippen LogP contribution in [-0.4, -0.2) is 5.91 Å². The second-order valence-corrected chi connectivity index (χ2v) is 4.48. The number of carbonyl (C=O) groups is 1. The molecule has 1 amide bonds. The number of anilines is 1. The van der Waals surface area contributed by atoms with Crippen molar-refractivity contribution in [1.82, 2.24) is 0 Å². The molecule has 0 spiro atoms. The van der Waals surface area contributed by atoms with Gasteiger partial charge in [0.05, 0.1) is 0 Å². The average Bonchev–Trinajstić information content (AvgIpc) is 2.34. The summed E-state index contributed by atoms with van der Waals surface area (Å²) in [5.74, 6) is -0.620. The molecule has 2 aromatic carbocycles. The van der Waals surface area contributed by atoms with Crippen molar-refractivity contribution in [3.63, 3.8) is 0 Å². The molecular weight excluding hydrogens is 249 g/mol. The molecule has 0 saturated heterocycles. The third kappa shape index (κ3) is 2.90. The number of hydrogen-bond donors (Lipinski definition) is 2. The van der Waals surface area contributed by atoms with Crippen LogP contribution in [0.2, 0.25) is 0 Å². The summed E-state index contributed by atoms with van der Waals surface area (Å²) in [7, 11) is 0. The van der Waals surface area contributed by atoms with Gasteiger partial charge < -0.3 is 5.32 Å². The zero-order chi connectivity index (χ0) is 13.1. The lowest BCUT2D eigenvalue weighted by molar-refractivity contribution is 0.102. The molecule has 0 atom stereocenters. The lowest BCUT2D eigenvalue weighted by Gasteiger charge is -2.06. The van der Waals surface area contributed by atoms with Crippen molar-refractivity contribution in [2.45, 2.75) is 11.8 Å². The normalized spacial score (nSPS) is 10.2. The highest BCUT2D eigenvalue weighted by molar-refractivity contribution is 7.80. The lowest BCUT2D eigenvalue weighted by atomic mass is 10.2. The molecule has 0 aliphatic carbocycles. The first-order chi connectivity index (χ1) is 8.56. The largest absolute Gasteiger partial charge is 0.322 e.